The second-order valence-corrected chi connectivity index (χ2v) is 7.83. The molecule has 1 heterocycles. The average molecular weight is 453 g/mol. The molecule has 9 nitrogen and oxygen atoms in total. The maximum atomic E-state index is 12.2. The van der Waals surface area contributed by atoms with Crippen molar-refractivity contribution in [3.05, 3.63) is 59.2 Å². The summed E-state index contributed by atoms with van der Waals surface area (Å²) >= 11 is 0. The summed E-state index contributed by atoms with van der Waals surface area (Å²) in [5.41, 5.74) is 5.65. The number of carbonyl (C=O) groups excluding carboxylic acids is 3. The molecule has 0 aromatic heterocycles. The maximum Gasteiger partial charge on any atom is 0.329 e. The molecule has 0 aliphatic carbocycles. The van der Waals surface area contributed by atoms with E-state index in [9.17, 15) is 14.4 Å². The third-order valence-corrected chi connectivity index (χ3v) is 4.83. The van der Waals surface area contributed by atoms with Gasteiger partial charge >= 0.3 is 11.8 Å². The molecule has 1 aliphatic heterocycles. The number of hydrazone groups is 1. The van der Waals surface area contributed by atoms with Crippen LogP contribution < -0.4 is 20.8 Å². The van der Waals surface area contributed by atoms with Gasteiger partial charge in [-0.25, -0.2) is 5.43 Å². The molecule has 3 amide bonds. The Morgan fingerprint density at radius 3 is 2.64 bits per heavy atom. The topological polar surface area (TPSA) is 118 Å². The van der Waals surface area contributed by atoms with Crippen LogP contribution in [0.15, 0.2) is 47.6 Å². The van der Waals surface area contributed by atoms with E-state index in [0.29, 0.717) is 24.5 Å². The van der Waals surface area contributed by atoms with Crippen molar-refractivity contribution in [1.82, 2.24) is 10.7 Å². The smallest absolute Gasteiger partial charge is 0.329 e. The number of anilines is 1. The molecule has 1 aliphatic rings. The van der Waals surface area contributed by atoms with Gasteiger partial charge in [0.2, 0.25) is 0 Å². The zero-order valence-electron chi connectivity index (χ0n) is 18.7. The first-order chi connectivity index (χ1) is 15.9. The highest BCUT2D eigenvalue weighted by Gasteiger charge is 2.18. The molecule has 3 N–H and O–H groups in total. The van der Waals surface area contributed by atoms with Gasteiger partial charge in [-0.15, -0.1) is 0 Å². The van der Waals surface area contributed by atoms with Crippen molar-refractivity contribution in [3.63, 3.8) is 0 Å². The van der Waals surface area contributed by atoms with E-state index in [1.807, 2.05) is 32.0 Å². The maximum absolute atomic E-state index is 12.2. The van der Waals surface area contributed by atoms with Gasteiger partial charge in [-0.1, -0.05) is 18.2 Å². The van der Waals surface area contributed by atoms with Gasteiger partial charge in [0.25, 0.3) is 5.91 Å². The molecular weight excluding hydrogens is 424 g/mol. The summed E-state index contributed by atoms with van der Waals surface area (Å²) in [6.45, 7) is 4.75. The third-order valence-electron chi connectivity index (χ3n) is 4.83. The lowest BCUT2D eigenvalue weighted by atomic mass is 10.1. The van der Waals surface area contributed by atoms with E-state index in [1.165, 1.54) is 6.21 Å². The minimum atomic E-state index is -0.861. The van der Waals surface area contributed by atoms with Gasteiger partial charge in [-0.05, 0) is 67.6 Å². The Kier molecular flexibility index (Phi) is 8.54. The van der Waals surface area contributed by atoms with Crippen LogP contribution in [0.5, 0.6) is 5.75 Å². The first-order valence-corrected chi connectivity index (χ1v) is 10.7. The molecule has 9 heteroatoms. The van der Waals surface area contributed by atoms with E-state index in [0.717, 1.165) is 29.7 Å². The number of amides is 3. The lowest BCUT2D eigenvalue weighted by Crippen LogP contribution is -2.41. The minimum Gasteiger partial charge on any atom is -0.484 e. The molecule has 2 aromatic rings. The fourth-order valence-electron chi connectivity index (χ4n) is 3.39. The summed E-state index contributed by atoms with van der Waals surface area (Å²) < 4.78 is 10.9. The SMILES string of the molecule is Cc1cc(C)cc(NC(=O)COc2cccc(/C=N\NC(=O)C(=O)NC[C@@H]3CCCO3)c2)c1. The molecule has 174 valence electrons. The van der Waals surface area contributed by atoms with Crippen molar-refractivity contribution in [3.8, 4) is 5.75 Å². The first-order valence-electron chi connectivity index (χ1n) is 10.7. The molecule has 0 saturated carbocycles. The average Bonchev–Trinajstić information content (AvgIpc) is 3.29. The summed E-state index contributed by atoms with van der Waals surface area (Å²) in [6.07, 6.45) is 3.16. The summed E-state index contributed by atoms with van der Waals surface area (Å²) in [5, 5.41) is 9.14. The van der Waals surface area contributed by atoms with Crippen molar-refractivity contribution < 1.29 is 23.9 Å². The van der Waals surface area contributed by atoms with Gasteiger partial charge in [-0.2, -0.15) is 5.10 Å². The Hall–Kier alpha value is -3.72. The van der Waals surface area contributed by atoms with Gasteiger partial charge in [-0.3, -0.25) is 14.4 Å². The molecule has 0 radical (unpaired) electrons. The summed E-state index contributed by atoms with van der Waals surface area (Å²) in [6, 6.07) is 12.7. The van der Waals surface area contributed by atoms with Gasteiger partial charge in [0.05, 0.1) is 12.3 Å². The Bertz CT molecular complexity index is 1010. The normalized spacial score (nSPS) is 15.3. The lowest BCUT2D eigenvalue weighted by molar-refractivity contribution is -0.139. The predicted octanol–water partition coefficient (Wildman–Crippen LogP) is 2.07. The van der Waals surface area contributed by atoms with Crippen LogP contribution in [-0.2, 0) is 19.1 Å². The fraction of sp³-hybridized carbons (Fsp3) is 0.333. The summed E-state index contributed by atoms with van der Waals surface area (Å²) in [5.74, 6) is -1.44. The Morgan fingerprint density at radius 1 is 1.12 bits per heavy atom. The second kappa shape index (κ2) is 11.8. The highest BCUT2D eigenvalue weighted by atomic mass is 16.5. The number of ether oxygens (including phenoxy) is 2. The van der Waals surface area contributed by atoms with Crippen LogP contribution in [0.3, 0.4) is 0 Å². The van der Waals surface area contributed by atoms with Gasteiger partial charge in [0.15, 0.2) is 6.61 Å². The number of carbonyl (C=O) groups is 3. The van der Waals surface area contributed by atoms with Crippen LogP contribution in [0.2, 0.25) is 0 Å². The zero-order chi connectivity index (χ0) is 23.6. The van der Waals surface area contributed by atoms with Gasteiger partial charge < -0.3 is 20.1 Å². The molecule has 33 heavy (non-hydrogen) atoms. The number of nitrogens with zero attached hydrogens (tertiary/aromatic N) is 1. The number of rotatable bonds is 8. The van der Waals surface area contributed by atoms with Crippen molar-refractivity contribution in [2.45, 2.75) is 32.8 Å². The largest absolute Gasteiger partial charge is 0.484 e. The van der Waals surface area contributed by atoms with E-state index in [1.54, 1.807) is 24.3 Å². The number of benzene rings is 2. The Labute approximate surface area is 192 Å². The molecular formula is C24H28N4O5. The highest BCUT2D eigenvalue weighted by Crippen LogP contribution is 2.15. The zero-order valence-corrected chi connectivity index (χ0v) is 18.7. The van der Waals surface area contributed by atoms with Crippen LogP contribution in [0, 0.1) is 13.8 Å². The third kappa shape index (κ3) is 8.04. The number of nitrogens with one attached hydrogen (secondary N) is 3. The van der Waals surface area contributed by atoms with E-state index in [2.05, 4.69) is 21.2 Å². The molecule has 0 unspecified atom stereocenters. The van der Waals surface area contributed by atoms with Crippen molar-refractivity contribution in [2.75, 3.05) is 25.1 Å². The van der Waals surface area contributed by atoms with Gasteiger partial charge in [0.1, 0.15) is 5.75 Å². The molecule has 0 spiro atoms. The van der Waals surface area contributed by atoms with E-state index in [4.69, 9.17) is 9.47 Å². The number of aryl methyl sites for hydroxylation is 2. The van der Waals surface area contributed by atoms with Crippen molar-refractivity contribution in [2.24, 2.45) is 5.10 Å². The highest BCUT2D eigenvalue weighted by molar-refractivity contribution is 6.35. The van der Waals surface area contributed by atoms with Crippen molar-refractivity contribution in [1.29, 1.82) is 0 Å². The Balaban J connectivity index is 1.43. The molecule has 3 rings (SSSR count). The molecule has 1 saturated heterocycles. The number of hydrogen-bond acceptors (Lipinski definition) is 6. The van der Waals surface area contributed by atoms with Crippen molar-refractivity contribution >= 4 is 29.6 Å². The molecule has 1 fully saturated rings. The van der Waals surface area contributed by atoms with Crippen LogP contribution in [0.4, 0.5) is 5.69 Å². The van der Waals surface area contributed by atoms with Crippen LogP contribution in [0.25, 0.3) is 0 Å². The van der Waals surface area contributed by atoms with Crippen LogP contribution in [-0.4, -0.2) is 49.8 Å². The fourth-order valence-corrected chi connectivity index (χ4v) is 3.39. The Morgan fingerprint density at radius 2 is 1.91 bits per heavy atom. The summed E-state index contributed by atoms with van der Waals surface area (Å²) in [4.78, 5) is 35.8. The quantitative estimate of drug-likeness (QED) is 0.322. The number of hydrogen-bond donors (Lipinski definition) is 3. The standard InChI is InChI=1S/C24H28N4O5/c1-16-9-17(2)11-19(10-16)27-22(29)15-33-20-6-3-5-18(12-20)13-26-28-24(31)23(30)25-14-21-7-4-8-32-21/h3,5-6,9-13,21H,4,7-8,14-15H2,1-2H3,(H,25,30)(H,27,29)(H,28,31)/b26-13-/t21-/m0/s1. The lowest BCUT2D eigenvalue weighted by Gasteiger charge is -2.10. The molecule has 2 aromatic carbocycles. The molecule has 0 bridgehead atoms. The van der Waals surface area contributed by atoms with Crippen LogP contribution in [0.1, 0.15) is 29.5 Å². The van der Waals surface area contributed by atoms with Gasteiger partial charge in [0, 0.05) is 18.8 Å². The van der Waals surface area contributed by atoms with E-state index >= 15 is 0 Å². The molecule has 1 atom stereocenters. The second-order valence-electron chi connectivity index (χ2n) is 7.83. The van der Waals surface area contributed by atoms with Crippen LogP contribution >= 0.6 is 0 Å². The first kappa shape index (κ1) is 23.9. The minimum absolute atomic E-state index is 0.0454. The predicted molar refractivity (Wildman–Crippen MR) is 124 cm³/mol. The van der Waals surface area contributed by atoms with E-state index in [-0.39, 0.29) is 18.6 Å². The van der Waals surface area contributed by atoms with E-state index < -0.39 is 11.8 Å². The monoisotopic (exact) mass is 452 g/mol. The summed E-state index contributed by atoms with van der Waals surface area (Å²) in [7, 11) is 0.